The highest BCUT2D eigenvalue weighted by atomic mass is 16.5. The number of aryl methyl sites for hydroxylation is 3. The maximum absolute atomic E-state index is 13.1. The predicted molar refractivity (Wildman–Crippen MR) is 139 cm³/mol. The lowest BCUT2D eigenvalue weighted by Gasteiger charge is -2.32. The molecule has 0 radical (unpaired) electrons. The van der Waals surface area contributed by atoms with Crippen molar-refractivity contribution >= 4 is 11.9 Å². The van der Waals surface area contributed by atoms with Crippen LogP contribution < -0.4 is 4.74 Å². The van der Waals surface area contributed by atoms with Crippen molar-refractivity contribution in [2.24, 2.45) is 0 Å². The molecule has 4 rings (SSSR count). The molecule has 0 aliphatic carbocycles. The van der Waals surface area contributed by atoms with Gasteiger partial charge in [0.15, 0.2) is 0 Å². The molecule has 0 N–H and O–H groups in total. The second-order valence-corrected chi connectivity index (χ2v) is 9.54. The van der Waals surface area contributed by atoms with Crippen LogP contribution in [0.15, 0.2) is 42.5 Å². The monoisotopic (exact) mass is 489 g/mol. The van der Waals surface area contributed by atoms with Gasteiger partial charge in [0.25, 0.3) is 5.91 Å². The van der Waals surface area contributed by atoms with Gasteiger partial charge in [-0.2, -0.15) is 5.10 Å². The van der Waals surface area contributed by atoms with Gasteiger partial charge in [0, 0.05) is 43.6 Å². The van der Waals surface area contributed by atoms with E-state index in [1.54, 1.807) is 0 Å². The molecule has 2 aromatic carbocycles. The van der Waals surface area contributed by atoms with Crippen molar-refractivity contribution in [1.29, 1.82) is 0 Å². The number of nitrogens with zero attached hydrogens (tertiary/aromatic N) is 3. The Morgan fingerprint density at radius 1 is 0.972 bits per heavy atom. The lowest BCUT2D eigenvalue weighted by atomic mass is 10.1. The summed E-state index contributed by atoms with van der Waals surface area (Å²) in [5.74, 6) is 0.708. The van der Waals surface area contributed by atoms with Crippen LogP contribution in [0, 0.1) is 27.7 Å². The molecular formula is C29H35N3O4. The lowest BCUT2D eigenvalue weighted by molar-refractivity contribution is -0.140. The number of piperidine rings is 1. The van der Waals surface area contributed by atoms with E-state index >= 15 is 0 Å². The Morgan fingerprint density at radius 3 is 2.31 bits per heavy atom. The van der Waals surface area contributed by atoms with Gasteiger partial charge in [0.2, 0.25) is 0 Å². The summed E-state index contributed by atoms with van der Waals surface area (Å²) in [7, 11) is 1.40. The Morgan fingerprint density at radius 2 is 1.67 bits per heavy atom. The molecule has 1 aromatic heterocycles. The Kier molecular flexibility index (Phi) is 7.77. The minimum Gasteiger partial charge on any atom is -0.490 e. The quantitative estimate of drug-likeness (QED) is 0.442. The van der Waals surface area contributed by atoms with Crippen LogP contribution in [0.2, 0.25) is 0 Å². The highest BCUT2D eigenvalue weighted by molar-refractivity contribution is 5.94. The molecule has 0 unspecified atom stereocenters. The molecule has 0 atom stereocenters. The number of carbonyl (C=O) groups is 2. The fourth-order valence-corrected chi connectivity index (χ4v) is 4.70. The fourth-order valence-electron chi connectivity index (χ4n) is 4.70. The normalized spacial score (nSPS) is 14.1. The van der Waals surface area contributed by atoms with Gasteiger partial charge < -0.3 is 14.4 Å². The maximum atomic E-state index is 13.1. The molecule has 1 aliphatic rings. The van der Waals surface area contributed by atoms with Crippen LogP contribution >= 0.6 is 0 Å². The number of carbonyl (C=O) groups excluding carboxylic acids is 2. The number of amides is 1. The van der Waals surface area contributed by atoms with Crippen molar-refractivity contribution in [3.8, 4) is 11.4 Å². The molecule has 1 aliphatic heterocycles. The first-order valence-corrected chi connectivity index (χ1v) is 12.5. The smallest absolute Gasteiger partial charge is 0.305 e. The van der Waals surface area contributed by atoms with Crippen LogP contribution in [0.3, 0.4) is 0 Å². The fraction of sp³-hybridized carbons (Fsp3) is 0.414. The van der Waals surface area contributed by atoms with Gasteiger partial charge in [-0.25, -0.2) is 4.68 Å². The molecule has 2 heterocycles. The van der Waals surface area contributed by atoms with E-state index in [0.717, 1.165) is 41.2 Å². The third kappa shape index (κ3) is 5.61. The average Bonchev–Trinajstić information content (AvgIpc) is 3.17. The zero-order valence-electron chi connectivity index (χ0n) is 21.8. The maximum Gasteiger partial charge on any atom is 0.305 e. The van der Waals surface area contributed by atoms with Crippen LogP contribution in [0.5, 0.6) is 5.75 Å². The molecule has 1 saturated heterocycles. The largest absolute Gasteiger partial charge is 0.490 e. The number of methoxy groups -OCH3 is 1. The lowest BCUT2D eigenvalue weighted by Crippen LogP contribution is -2.41. The van der Waals surface area contributed by atoms with Crippen molar-refractivity contribution in [3.63, 3.8) is 0 Å². The van der Waals surface area contributed by atoms with E-state index in [-0.39, 0.29) is 18.0 Å². The first-order chi connectivity index (χ1) is 17.3. The molecule has 36 heavy (non-hydrogen) atoms. The zero-order chi connectivity index (χ0) is 25.8. The second-order valence-electron chi connectivity index (χ2n) is 9.54. The number of esters is 1. The summed E-state index contributed by atoms with van der Waals surface area (Å²) in [4.78, 5) is 26.6. The van der Waals surface area contributed by atoms with E-state index in [1.807, 2.05) is 53.8 Å². The zero-order valence-corrected chi connectivity index (χ0v) is 21.8. The molecule has 0 bridgehead atoms. The molecular weight excluding hydrogens is 454 g/mol. The number of ether oxygens (including phenoxy) is 2. The summed E-state index contributed by atoms with van der Waals surface area (Å²) in [6.07, 6.45) is 2.67. The molecule has 0 spiro atoms. The summed E-state index contributed by atoms with van der Waals surface area (Å²) >= 11 is 0. The van der Waals surface area contributed by atoms with Crippen molar-refractivity contribution in [2.75, 3.05) is 20.2 Å². The first-order valence-electron chi connectivity index (χ1n) is 12.5. The van der Waals surface area contributed by atoms with E-state index in [4.69, 9.17) is 9.47 Å². The number of benzene rings is 2. The number of hydrogen-bond acceptors (Lipinski definition) is 5. The topological polar surface area (TPSA) is 73.7 Å². The number of rotatable bonds is 7. The van der Waals surface area contributed by atoms with Crippen LogP contribution in [0.4, 0.5) is 0 Å². The Labute approximate surface area is 213 Å². The summed E-state index contributed by atoms with van der Waals surface area (Å²) in [5, 5.41) is 4.66. The summed E-state index contributed by atoms with van der Waals surface area (Å²) in [6, 6.07) is 13.8. The summed E-state index contributed by atoms with van der Waals surface area (Å²) < 4.78 is 12.8. The minimum atomic E-state index is -0.231. The van der Waals surface area contributed by atoms with Crippen molar-refractivity contribution in [3.05, 3.63) is 76.1 Å². The standard InChI is InChI=1S/C29H35N3O4/c1-19-6-11-26(18-20(19)2)36-25-14-16-31(17-15-25)29(34)23-7-9-24(10-8-23)32-22(4)27(21(3)30-32)12-13-28(33)35-5/h6-11,18,25H,12-17H2,1-5H3. The first kappa shape index (κ1) is 25.5. The Hall–Kier alpha value is -3.61. The van der Waals surface area contributed by atoms with Gasteiger partial charge in [0.1, 0.15) is 11.9 Å². The van der Waals surface area contributed by atoms with Gasteiger partial charge in [-0.1, -0.05) is 6.07 Å². The predicted octanol–water partition coefficient (Wildman–Crippen LogP) is 4.90. The van der Waals surface area contributed by atoms with E-state index in [9.17, 15) is 9.59 Å². The molecule has 1 fully saturated rings. The average molecular weight is 490 g/mol. The molecule has 1 amide bonds. The SMILES string of the molecule is COC(=O)CCc1c(C)nn(-c2ccc(C(=O)N3CCC(Oc4ccc(C)c(C)c4)CC3)cc2)c1C. The highest BCUT2D eigenvalue weighted by Crippen LogP contribution is 2.24. The molecule has 7 heteroatoms. The van der Waals surface area contributed by atoms with Crippen LogP contribution in [-0.4, -0.2) is 52.9 Å². The third-order valence-corrected chi connectivity index (χ3v) is 7.12. The van der Waals surface area contributed by atoms with Gasteiger partial charge in [-0.3, -0.25) is 9.59 Å². The molecule has 190 valence electrons. The van der Waals surface area contributed by atoms with Gasteiger partial charge in [-0.15, -0.1) is 0 Å². The molecule has 3 aromatic rings. The van der Waals surface area contributed by atoms with Crippen molar-refractivity contribution in [1.82, 2.24) is 14.7 Å². The minimum absolute atomic E-state index is 0.0401. The van der Waals surface area contributed by atoms with Crippen LogP contribution in [-0.2, 0) is 16.0 Å². The van der Waals surface area contributed by atoms with E-state index in [1.165, 1.54) is 18.2 Å². The van der Waals surface area contributed by atoms with Gasteiger partial charge in [0.05, 0.1) is 18.5 Å². The van der Waals surface area contributed by atoms with E-state index in [2.05, 4.69) is 31.1 Å². The second kappa shape index (κ2) is 11.0. The highest BCUT2D eigenvalue weighted by Gasteiger charge is 2.25. The Bertz CT molecular complexity index is 1240. The van der Waals surface area contributed by atoms with Gasteiger partial charge >= 0.3 is 5.97 Å². The van der Waals surface area contributed by atoms with E-state index in [0.29, 0.717) is 31.5 Å². The summed E-state index contributed by atoms with van der Waals surface area (Å²) in [5.41, 5.74) is 6.96. The van der Waals surface area contributed by atoms with Crippen molar-refractivity contribution < 1.29 is 19.1 Å². The van der Waals surface area contributed by atoms with E-state index < -0.39 is 0 Å². The number of likely N-dealkylation sites (tertiary alicyclic amines) is 1. The third-order valence-electron chi connectivity index (χ3n) is 7.12. The van der Waals surface area contributed by atoms with Crippen LogP contribution in [0.25, 0.3) is 5.69 Å². The number of aromatic nitrogens is 2. The van der Waals surface area contributed by atoms with Crippen molar-refractivity contribution in [2.45, 2.75) is 59.5 Å². The molecule has 7 nitrogen and oxygen atoms in total. The number of hydrogen-bond donors (Lipinski definition) is 0. The van der Waals surface area contributed by atoms with Gasteiger partial charge in [-0.05, 0) is 87.2 Å². The summed E-state index contributed by atoms with van der Waals surface area (Å²) in [6.45, 7) is 9.48. The van der Waals surface area contributed by atoms with Crippen LogP contribution in [0.1, 0.15) is 57.7 Å². The molecule has 0 saturated carbocycles. The Balaban J connectivity index is 1.36.